The molecular weight excluding hydrogens is 477 g/mol. The van der Waals surface area contributed by atoms with E-state index in [-0.39, 0.29) is 51.4 Å². The molecule has 1 heterocycles. The Morgan fingerprint density at radius 2 is 1.84 bits per heavy atom. The van der Waals surface area contributed by atoms with Gasteiger partial charge in [0.2, 0.25) is 0 Å². The standard InChI is InChI=1S/C16H11F3INO3.K/c17-16(18,19)9-3-1-8(2-4-9)10-5-11(20)13(12(23)6-22)15-14(10)21-7-24-15;/h1-5,7,12,22-23H,6H2;. The summed E-state index contributed by atoms with van der Waals surface area (Å²) in [4.78, 5) is 4.10. The Labute approximate surface area is 197 Å². The number of fused-ring (bicyclic) bond motifs is 1. The van der Waals surface area contributed by atoms with E-state index in [0.717, 1.165) is 12.1 Å². The molecule has 0 fully saturated rings. The van der Waals surface area contributed by atoms with E-state index < -0.39 is 24.5 Å². The van der Waals surface area contributed by atoms with Crippen LogP contribution in [0.15, 0.2) is 41.1 Å². The normalized spacial score (nSPS) is 12.9. The molecule has 0 spiro atoms. The monoisotopic (exact) mass is 488 g/mol. The maximum absolute atomic E-state index is 12.7. The van der Waals surface area contributed by atoms with E-state index in [2.05, 4.69) is 4.98 Å². The second-order valence-electron chi connectivity index (χ2n) is 5.12. The number of alkyl halides is 3. The molecule has 2 N–H and O–H groups in total. The Hall–Kier alpha value is -0.0136. The predicted molar refractivity (Wildman–Crippen MR) is 95.0 cm³/mol. The zero-order valence-corrected chi connectivity index (χ0v) is 18.3. The summed E-state index contributed by atoms with van der Waals surface area (Å²) in [5.74, 6) is 0. The van der Waals surface area contributed by atoms with Crippen LogP contribution in [0.25, 0.3) is 22.2 Å². The molecule has 0 aliphatic heterocycles. The first-order valence-electron chi connectivity index (χ1n) is 6.85. The van der Waals surface area contributed by atoms with Crippen LogP contribution in [0.3, 0.4) is 0 Å². The van der Waals surface area contributed by atoms with Crippen molar-refractivity contribution in [1.29, 1.82) is 0 Å². The number of hydrogen-bond donors (Lipinski definition) is 2. The van der Waals surface area contributed by atoms with Crippen LogP contribution in [0, 0.1) is 3.57 Å². The SMILES string of the molecule is OCC(O)c1c(I)cc(-c2ccc(C(F)(F)F)cc2)c2ncoc12.[K]. The van der Waals surface area contributed by atoms with Gasteiger partial charge in [-0.2, -0.15) is 13.2 Å². The topological polar surface area (TPSA) is 66.5 Å². The van der Waals surface area contributed by atoms with E-state index in [4.69, 9.17) is 4.42 Å². The van der Waals surface area contributed by atoms with Gasteiger partial charge in [0.25, 0.3) is 0 Å². The largest absolute Gasteiger partial charge is 0.443 e. The Balaban J connectivity index is 0.00000225. The third kappa shape index (κ3) is 4.29. The minimum absolute atomic E-state index is 0. The number of oxazole rings is 1. The van der Waals surface area contributed by atoms with Crippen LogP contribution in [-0.4, -0.2) is 73.2 Å². The molecule has 0 aliphatic rings. The van der Waals surface area contributed by atoms with Gasteiger partial charge in [-0.1, -0.05) is 12.1 Å². The van der Waals surface area contributed by atoms with Crippen molar-refractivity contribution in [2.75, 3.05) is 6.61 Å². The molecule has 3 aromatic rings. The number of benzene rings is 2. The number of nitrogens with zero attached hydrogens (tertiary/aromatic N) is 1. The first-order valence-corrected chi connectivity index (χ1v) is 7.93. The fraction of sp³-hybridized carbons (Fsp3) is 0.188. The maximum atomic E-state index is 12.7. The van der Waals surface area contributed by atoms with Gasteiger partial charge in [-0.05, 0) is 46.4 Å². The van der Waals surface area contributed by atoms with E-state index in [0.29, 0.717) is 31.4 Å². The number of halogens is 4. The molecule has 2 aromatic carbocycles. The number of aliphatic hydroxyl groups excluding tert-OH is 2. The molecular formula is C16H11F3IKNO3. The summed E-state index contributed by atoms with van der Waals surface area (Å²) in [6.45, 7) is -0.481. The van der Waals surface area contributed by atoms with Crippen molar-refractivity contribution in [3.8, 4) is 11.1 Å². The van der Waals surface area contributed by atoms with Crippen molar-refractivity contribution in [3.63, 3.8) is 0 Å². The van der Waals surface area contributed by atoms with E-state index in [1.54, 1.807) is 6.07 Å². The van der Waals surface area contributed by atoms with E-state index in [9.17, 15) is 23.4 Å². The first-order chi connectivity index (χ1) is 11.3. The van der Waals surface area contributed by atoms with Crippen LogP contribution >= 0.6 is 22.6 Å². The van der Waals surface area contributed by atoms with Crippen molar-refractivity contribution in [2.45, 2.75) is 12.3 Å². The van der Waals surface area contributed by atoms with E-state index >= 15 is 0 Å². The molecule has 0 saturated heterocycles. The summed E-state index contributed by atoms with van der Waals surface area (Å²) < 4.78 is 44.0. The van der Waals surface area contributed by atoms with Gasteiger partial charge in [0.1, 0.15) is 11.6 Å². The van der Waals surface area contributed by atoms with E-state index in [1.807, 2.05) is 22.6 Å². The average molecular weight is 488 g/mol. The Bertz CT molecular complexity index is 881. The Morgan fingerprint density at radius 1 is 1.20 bits per heavy atom. The fourth-order valence-corrected chi connectivity index (χ4v) is 3.39. The molecule has 4 nitrogen and oxygen atoms in total. The van der Waals surface area contributed by atoms with Gasteiger partial charge < -0.3 is 14.6 Å². The third-order valence-electron chi connectivity index (χ3n) is 3.62. The van der Waals surface area contributed by atoms with Gasteiger partial charge in [0, 0.05) is 66.1 Å². The summed E-state index contributed by atoms with van der Waals surface area (Å²) in [5.41, 5.74) is 1.53. The van der Waals surface area contributed by atoms with E-state index in [1.165, 1.54) is 18.5 Å². The zero-order chi connectivity index (χ0) is 17.5. The van der Waals surface area contributed by atoms with Crippen LogP contribution in [-0.2, 0) is 6.18 Å². The number of hydrogen-bond acceptors (Lipinski definition) is 4. The first kappa shape index (κ1) is 21.3. The van der Waals surface area contributed by atoms with Gasteiger partial charge in [-0.3, -0.25) is 0 Å². The molecule has 1 unspecified atom stereocenters. The van der Waals surface area contributed by atoms with Gasteiger partial charge in [-0.15, -0.1) is 0 Å². The molecule has 0 saturated carbocycles. The summed E-state index contributed by atoms with van der Waals surface area (Å²) in [6, 6.07) is 6.44. The van der Waals surface area contributed by atoms with Gasteiger partial charge in [0.05, 0.1) is 12.2 Å². The molecule has 1 radical (unpaired) electrons. The molecule has 25 heavy (non-hydrogen) atoms. The molecule has 0 aliphatic carbocycles. The van der Waals surface area contributed by atoms with Crippen molar-refractivity contribution < 1.29 is 27.8 Å². The van der Waals surface area contributed by atoms with Crippen molar-refractivity contribution in [2.24, 2.45) is 0 Å². The molecule has 9 heteroatoms. The summed E-state index contributed by atoms with van der Waals surface area (Å²) >= 11 is 1.98. The van der Waals surface area contributed by atoms with Crippen LogP contribution in [0.5, 0.6) is 0 Å². The number of rotatable bonds is 3. The Morgan fingerprint density at radius 3 is 2.40 bits per heavy atom. The average Bonchev–Trinajstić information content (AvgIpc) is 3.02. The van der Waals surface area contributed by atoms with Gasteiger partial charge in [-0.25, -0.2) is 4.98 Å². The zero-order valence-electron chi connectivity index (χ0n) is 13.0. The minimum Gasteiger partial charge on any atom is -0.443 e. The number of aliphatic hydroxyl groups is 2. The molecule has 1 atom stereocenters. The van der Waals surface area contributed by atoms with Crippen LogP contribution in [0.4, 0.5) is 13.2 Å². The maximum Gasteiger partial charge on any atom is 0.416 e. The second-order valence-corrected chi connectivity index (χ2v) is 6.29. The molecule has 0 bridgehead atoms. The van der Waals surface area contributed by atoms with Crippen LogP contribution < -0.4 is 0 Å². The fourth-order valence-electron chi connectivity index (χ4n) is 2.47. The summed E-state index contributed by atoms with van der Waals surface area (Å²) in [6.07, 6.45) is -4.33. The van der Waals surface area contributed by atoms with Crippen molar-refractivity contribution >= 4 is 85.1 Å². The summed E-state index contributed by atoms with van der Waals surface area (Å²) in [5, 5.41) is 19.1. The van der Waals surface area contributed by atoms with Gasteiger partial charge >= 0.3 is 6.18 Å². The second kappa shape index (κ2) is 8.34. The van der Waals surface area contributed by atoms with Crippen LogP contribution in [0.1, 0.15) is 17.2 Å². The predicted octanol–water partition coefficient (Wildman–Crippen LogP) is 3.76. The molecule has 3 rings (SSSR count). The molecule has 1 aromatic heterocycles. The van der Waals surface area contributed by atoms with Crippen molar-refractivity contribution in [1.82, 2.24) is 4.98 Å². The molecule has 127 valence electrons. The summed E-state index contributed by atoms with van der Waals surface area (Å²) in [7, 11) is 0. The number of aromatic nitrogens is 1. The van der Waals surface area contributed by atoms with Crippen molar-refractivity contribution in [3.05, 3.63) is 51.4 Å². The quantitative estimate of drug-likeness (QED) is 0.436. The third-order valence-corrected chi connectivity index (χ3v) is 4.52. The Kier molecular flexibility index (Phi) is 7.10. The minimum atomic E-state index is -4.40. The van der Waals surface area contributed by atoms with Crippen LogP contribution in [0.2, 0.25) is 0 Å². The van der Waals surface area contributed by atoms with Gasteiger partial charge in [0.15, 0.2) is 12.0 Å². The molecule has 0 amide bonds. The smallest absolute Gasteiger partial charge is 0.416 e.